The molecule has 0 spiro atoms. The number of carbonyl (C=O) groups is 1. The highest BCUT2D eigenvalue weighted by Crippen LogP contribution is 2.35. The molecular formula is C17H17N5O3S. The smallest absolute Gasteiger partial charge is 0.315 e. The topological polar surface area (TPSA) is 115 Å². The molecule has 0 bridgehead atoms. The lowest BCUT2D eigenvalue weighted by atomic mass is 10.0. The maximum Gasteiger partial charge on any atom is 0.315 e. The van der Waals surface area contributed by atoms with Crippen LogP contribution in [0.2, 0.25) is 0 Å². The second kappa shape index (κ2) is 6.03. The zero-order valence-electron chi connectivity index (χ0n) is 13.9. The SMILES string of the molecule is CCc1cc(-c2n[nH]c(=S)n2C2=CC3NC(=O)NC3C=C2)c(O)cc1O. The second-order valence-electron chi connectivity index (χ2n) is 6.16. The number of phenols is 2. The first-order valence-corrected chi connectivity index (χ1v) is 8.59. The number of carbonyl (C=O) groups excluding carboxylic acids is 1. The molecule has 2 aromatic rings. The first kappa shape index (κ1) is 16.4. The Bertz CT molecular complexity index is 1020. The monoisotopic (exact) mass is 371 g/mol. The molecule has 4 rings (SSSR count). The van der Waals surface area contributed by atoms with Crippen molar-refractivity contribution in [1.29, 1.82) is 0 Å². The summed E-state index contributed by atoms with van der Waals surface area (Å²) in [4.78, 5) is 11.5. The van der Waals surface area contributed by atoms with Crippen LogP contribution in [0.15, 0.2) is 30.4 Å². The van der Waals surface area contributed by atoms with Crippen molar-refractivity contribution in [3.63, 3.8) is 0 Å². The number of allylic oxidation sites excluding steroid dienone is 2. The van der Waals surface area contributed by atoms with Gasteiger partial charge in [0.25, 0.3) is 0 Å². The summed E-state index contributed by atoms with van der Waals surface area (Å²) in [5.74, 6) is 0.367. The van der Waals surface area contributed by atoms with E-state index in [4.69, 9.17) is 12.2 Å². The van der Waals surface area contributed by atoms with Crippen molar-refractivity contribution in [3.05, 3.63) is 40.7 Å². The predicted octanol–water partition coefficient (Wildman–Crippen LogP) is 2.04. The van der Waals surface area contributed by atoms with E-state index in [9.17, 15) is 15.0 Å². The first-order valence-electron chi connectivity index (χ1n) is 8.18. The number of nitrogens with one attached hydrogen (secondary N) is 3. The van der Waals surface area contributed by atoms with Gasteiger partial charge in [-0.05, 0) is 42.4 Å². The maximum atomic E-state index is 11.5. The first-order chi connectivity index (χ1) is 12.5. The van der Waals surface area contributed by atoms with Gasteiger partial charge in [0.05, 0.1) is 17.6 Å². The third-order valence-electron chi connectivity index (χ3n) is 4.56. The van der Waals surface area contributed by atoms with Gasteiger partial charge >= 0.3 is 6.03 Å². The number of urea groups is 1. The largest absolute Gasteiger partial charge is 0.508 e. The molecule has 2 atom stereocenters. The minimum Gasteiger partial charge on any atom is -0.508 e. The van der Waals surface area contributed by atoms with E-state index in [1.807, 2.05) is 25.2 Å². The lowest BCUT2D eigenvalue weighted by Crippen LogP contribution is -2.32. The standard InChI is InChI=1S/C17H17N5O3S/c1-2-8-5-10(14(24)7-13(8)23)15-20-21-17(26)22(15)9-3-4-11-12(6-9)19-16(25)18-11/h3-7,11-12,23-24H,2H2,1H3,(H,21,26)(H2,18,19,25). The molecule has 134 valence electrons. The normalized spacial score (nSPS) is 21.1. The summed E-state index contributed by atoms with van der Waals surface area (Å²) in [6, 6.07) is 2.48. The highest BCUT2D eigenvalue weighted by molar-refractivity contribution is 7.71. The fourth-order valence-corrected chi connectivity index (χ4v) is 3.47. The third-order valence-corrected chi connectivity index (χ3v) is 4.83. The van der Waals surface area contributed by atoms with Gasteiger partial charge in [-0.2, -0.15) is 5.10 Å². The molecule has 1 aliphatic heterocycles. The molecule has 2 unspecified atom stereocenters. The number of phenolic OH excluding ortho intramolecular Hbond substituents is 2. The molecule has 0 radical (unpaired) electrons. The van der Waals surface area contributed by atoms with E-state index < -0.39 is 0 Å². The van der Waals surface area contributed by atoms with E-state index in [0.29, 0.717) is 28.1 Å². The summed E-state index contributed by atoms with van der Waals surface area (Å²) in [6.45, 7) is 1.91. The van der Waals surface area contributed by atoms with Gasteiger partial charge in [-0.15, -0.1) is 0 Å². The van der Waals surface area contributed by atoms with Gasteiger partial charge in [0.15, 0.2) is 10.6 Å². The number of aromatic hydroxyl groups is 2. The Morgan fingerprint density at radius 1 is 1.23 bits per heavy atom. The van der Waals surface area contributed by atoms with E-state index in [0.717, 1.165) is 5.70 Å². The molecule has 8 nitrogen and oxygen atoms in total. The number of fused-ring (bicyclic) bond motifs is 1. The van der Waals surface area contributed by atoms with E-state index in [2.05, 4.69) is 20.8 Å². The molecule has 0 saturated carbocycles. The number of H-pyrrole nitrogens is 1. The average Bonchev–Trinajstić information content (AvgIpc) is 3.16. The number of aromatic amines is 1. The number of aromatic nitrogens is 3. The zero-order valence-corrected chi connectivity index (χ0v) is 14.7. The Labute approximate surface area is 153 Å². The predicted molar refractivity (Wildman–Crippen MR) is 98.2 cm³/mol. The van der Waals surface area contributed by atoms with Crippen molar-refractivity contribution in [2.75, 3.05) is 0 Å². The van der Waals surface area contributed by atoms with Gasteiger partial charge in [-0.1, -0.05) is 13.0 Å². The lowest BCUT2D eigenvalue weighted by Gasteiger charge is -2.19. The van der Waals surface area contributed by atoms with Crippen LogP contribution < -0.4 is 10.6 Å². The van der Waals surface area contributed by atoms with Crippen molar-refractivity contribution >= 4 is 23.9 Å². The molecule has 2 amide bonds. The minimum atomic E-state index is -0.220. The average molecular weight is 371 g/mol. The van der Waals surface area contributed by atoms with E-state index in [-0.39, 0.29) is 29.6 Å². The van der Waals surface area contributed by atoms with Gasteiger partial charge in [0.2, 0.25) is 0 Å². The number of aryl methyl sites for hydroxylation is 1. The fourth-order valence-electron chi connectivity index (χ4n) is 3.23. The molecule has 1 fully saturated rings. The molecule has 2 aliphatic rings. The van der Waals surface area contributed by atoms with Gasteiger partial charge in [-0.3, -0.25) is 9.67 Å². The quantitative estimate of drug-likeness (QED) is 0.530. The van der Waals surface area contributed by atoms with Crippen molar-refractivity contribution in [3.8, 4) is 22.9 Å². The summed E-state index contributed by atoms with van der Waals surface area (Å²) < 4.78 is 2.05. The van der Waals surface area contributed by atoms with Crippen molar-refractivity contribution in [2.24, 2.45) is 0 Å². The summed E-state index contributed by atoms with van der Waals surface area (Å²) in [7, 11) is 0. The molecular weight excluding hydrogens is 354 g/mol. The number of rotatable bonds is 3. The summed E-state index contributed by atoms with van der Waals surface area (Å²) in [5.41, 5.74) is 1.88. The van der Waals surface area contributed by atoms with Crippen LogP contribution in [0.25, 0.3) is 17.1 Å². The van der Waals surface area contributed by atoms with Gasteiger partial charge in [0, 0.05) is 11.8 Å². The van der Waals surface area contributed by atoms with Crippen LogP contribution in [0.3, 0.4) is 0 Å². The molecule has 9 heteroatoms. The van der Waals surface area contributed by atoms with Crippen LogP contribution in [0, 0.1) is 4.77 Å². The van der Waals surface area contributed by atoms with Crippen LogP contribution in [0.5, 0.6) is 11.5 Å². The van der Waals surface area contributed by atoms with Crippen LogP contribution in [0.4, 0.5) is 4.79 Å². The van der Waals surface area contributed by atoms with Crippen molar-refractivity contribution < 1.29 is 15.0 Å². The lowest BCUT2D eigenvalue weighted by molar-refractivity contribution is 0.247. The van der Waals surface area contributed by atoms with E-state index >= 15 is 0 Å². The van der Waals surface area contributed by atoms with Gasteiger partial charge in [0.1, 0.15) is 11.5 Å². The highest BCUT2D eigenvalue weighted by Gasteiger charge is 2.31. The van der Waals surface area contributed by atoms with Gasteiger partial charge in [-0.25, -0.2) is 4.79 Å². The Morgan fingerprint density at radius 2 is 2.00 bits per heavy atom. The molecule has 1 aliphatic carbocycles. The maximum absolute atomic E-state index is 11.5. The summed E-state index contributed by atoms with van der Waals surface area (Å²) >= 11 is 5.36. The molecule has 1 saturated heterocycles. The van der Waals surface area contributed by atoms with E-state index in [1.54, 1.807) is 10.6 Å². The highest BCUT2D eigenvalue weighted by atomic mass is 32.1. The summed E-state index contributed by atoms with van der Waals surface area (Å²) in [5, 5.41) is 32.9. The number of benzene rings is 1. The minimum absolute atomic E-state index is 0.0359. The van der Waals surface area contributed by atoms with Crippen molar-refractivity contribution in [1.82, 2.24) is 25.4 Å². The summed E-state index contributed by atoms with van der Waals surface area (Å²) in [6.07, 6.45) is 6.22. The van der Waals surface area contributed by atoms with Gasteiger partial charge < -0.3 is 20.8 Å². The van der Waals surface area contributed by atoms with Crippen LogP contribution in [-0.2, 0) is 6.42 Å². The molecule has 26 heavy (non-hydrogen) atoms. The van der Waals surface area contributed by atoms with Crippen LogP contribution in [0.1, 0.15) is 12.5 Å². The molecule has 1 aromatic carbocycles. The molecule has 5 N–H and O–H groups in total. The molecule has 2 heterocycles. The molecule has 1 aromatic heterocycles. The second-order valence-corrected chi connectivity index (χ2v) is 6.55. The Morgan fingerprint density at radius 3 is 2.77 bits per heavy atom. The number of hydrogen-bond acceptors (Lipinski definition) is 5. The van der Waals surface area contributed by atoms with Crippen molar-refractivity contribution in [2.45, 2.75) is 25.4 Å². The number of nitrogens with zero attached hydrogens (tertiary/aromatic N) is 2. The van der Waals surface area contributed by atoms with Crippen LogP contribution in [-0.4, -0.2) is 43.1 Å². The number of amides is 2. The zero-order chi connectivity index (χ0) is 18.4. The number of hydrogen-bond donors (Lipinski definition) is 5. The Hall–Kier alpha value is -3.07. The third kappa shape index (κ3) is 2.57. The fraction of sp³-hybridized carbons (Fsp3) is 0.235. The Kier molecular flexibility index (Phi) is 3.80. The Balaban J connectivity index is 1.83. The van der Waals surface area contributed by atoms with Crippen LogP contribution >= 0.6 is 12.2 Å². The van der Waals surface area contributed by atoms with E-state index in [1.165, 1.54) is 6.07 Å².